The summed E-state index contributed by atoms with van der Waals surface area (Å²) in [5.74, 6) is -0.915. The van der Waals surface area contributed by atoms with E-state index in [0.717, 1.165) is 12.1 Å². The Morgan fingerprint density at radius 2 is 1.90 bits per heavy atom. The Morgan fingerprint density at radius 1 is 1.20 bits per heavy atom. The largest absolute Gasteiger partial charge is 0.496 e. The van der Waals surface area contributed by atoms with E-state index >= 15 is 0 Å². The Bertz CT molecular complexity index is 617. The SMILES string of the molecule is COc1ccccc1CC(O)c1cc(F)c(Cl)cc1F. The van der Waals surface area contributed by atoms with E-state index in [1.54, 1.807) is 24.3 Å². The molecule has 2 rings (SSSR count). The molecule has 2 aromatic rings. The van der Waals surface area contributed by atoms with Crippen molar-refractivity contribution in [3.05, 3.63) is 64.2 Å². The molecule has 0 aliphatic rings. The molecule has 0 radical (unpaired) electrons. The monoisotopic (exact) mass is 298 g/mol. The van der Waals surface area contributed by atoms with E-state index in [1.165, 1.54) is 7.11 Å². The first-order valence-electron chi connectivity index (χ1n) is 5.97. The van der Waals surface area contributed by atoms with Crippen LogP contribution in [-0.2, 0) is 6.42 Å². The molecule has 0 fully saturated rings. The molecule has 0 heterocycles. The lowest BCUT2D eigenvalue weighted by Gasteiger charge is -2.15. The van der Waals surface area contributed by atoms with E-state index in [2.05, 4.69) is 0 Å². The summed E-state index contributed by atoms with van der Waals surface area (Å²) in [5, 5.41) is 9.78. The van der Waals surface area contributed by atoms with Crippen LogP contribution < -0.4 is 4.74 Å². The minimum atomic E-state index is -1.18. The molecule has 2 aromatic carbocycles. The van der Waals surface area contributed by atoms with Crippen molar-refractivity contribution in [2.24, 2.45) is 0 Å². The topological polar surface area (TPSA) is 29.5 Å². The highest BCUT2D eigenvalue weighted by Crippen LogP contribution is 2.28. The summed E-state index contributed by atoms with van der Waals surface area (Å²) >= 11 is 5.48. The van der Waals surface area contributed by atoms with Crippen LogP contribution in [0.15, 0.2) is 36.4 Å². The maximum atomic E-state index is 13.7. The van der Waals surface area contributed by atoms with Crippen molar-refractivity contribution in [2.75, 3.05) is 7.11 Å². The van der Waals surface area contributed by atoms with E-state index in [4.69, 9.17) is 16.3 Å². The normalized spacial score (nSPS) is 12.2. The van der Waals surface area contributed by atoms with Crippen LogP contribution >= 0.6 is 11.6 Å². The van der Waals surface area contributed by atoms with Gasteiger partial charge in [0.25, 0.3) is 0 Å². The molecule has 2 nitrogen and oxygen atoms in total. The van der Waals surface area contributed by atoms with Crippen molar-refractivity contribution in [1.82, 2.24) is 0 Å². The number of aliphatic hydroxyl groups is 1. The second-order valence-electron chi connectivity index (χ2n) is 4.32. The second kappa shape index (κ2) is 6.20. The van der Waals surface area contributed by atoms with Gasteiger partial charge in [-0.1, -0.05) is 29.8 Å². The average molecular weight is 299 g/mol. The molecule has 5 heteroatoms. The third kappa shape index (κ3) is 3.08. The summed E-state index contributed by atoms with van der Waals surface area (Å²) < 4.78 is 32.2. The molecule has 1 N–H and O–H groups in total. The van der Waals surface area contributed by atoms with Crippen LogP contribution in [-0.4, -0.2) is 12.2 Å². The summed E-state index contributed by atoms with van der Waals surface area (Å²) in [5.41, 5.74) is 0.579. The Labute approximate surface area is 120 Å². The Hall–Kier alpha value is -1.65. The molecular formula is C15H13ClF2O2. The van der Waals surface area contributed by atoms with Gasteiger partial charge in [-0.3, -0.25) is 0 Å². The number of hydrogen-bond donors (Lipinski definition) is 1. The number of hydrogen-bond acceptors (Lipinski definition) is 2. The smallest absolute Gasteiger partial charge is 0.142 e. The van der Waals surface area contributed by atoms with Gasteiger partial charge in [-0.25, -0.2) is 8.78 Å². The zero-order valence-corrected chi connectivity index (χ0v) is 11.5. The van der Waals surface area contributed by atoms with Crippen LogP contribution in [0, 0.1) is 11.6 Å². The minimum Gasteiger partial charge on any atom is -0.496 e. The standard InChI is InChI=1S/C15H13ClF2O2/c1-20-15-5-3-2-4-9(15)6-14(19)10-7-13(18)11(16)8-12(10)17/h2-5,7-8,14,19H,6H2,1H3. The molecule has 0 amide bonds. The molecule has 20 heavy (non-hydrogen) atoms. The Morgan fingerprint density at radius 3 is 2.60 bits per heavy atom. The van der Waals surface area contributed by atoms with Gasteiger partial charge < -0.3 is 9.84 Å². The molecule has 0 bridgehead atoms. The predicted molar refractivity (Wildman–Crippen MR) is 73.0 cm³/mol. The predicted octanol–water partition coefficient (Wildman–Crippen LogP) is 3.90. The van der Waals surface area contributed by atoms with Gasteiger partial charge in [0, 0.05) is 12.0 Å². The molecular weight excluding hydrogens is 286 g/mol. The highest BCUT2D eigenvalue weighted by molar-refractivity contribution is 6.30. The lowest BCUT2D eigenvalue weighted by atomic mass is 10.00. The maximum absolute atomic E-state index is 13.7. The van der Waals surface area contributed by atoms with E-state index in [1.807, 2.05) is 0 Å². The first-order valence-corrected chi connectivity index (χ1v) is 6.35. The fourth-order valence-corrected chi connectivity index (χ4v) is 2.13. The van der Waals surface area contributed by atoms with Gasteiger partial charge in [0.05, 0.1) is 18.2 Å². The average Bonchev–Trinajstić information content (AvgIpc) is 2.43. The van der Waals surface area contributed by atoms with Crippen LogP contribution in [0.3, 0.4) is 0 Å². The summed E-state index contributed by atoms with van der Waals surface area (Å²) in [4.78, 5) is 0. The van der Waals surface area contributed by atoms with Crippen LogP contribution in [0.25, 0.3) is 0 Å². The van der Waals surface area contributed by atoms with Gasteiger partial charge in [0.15, 0.2) is 0 Å². The highest BCUT2D eigenvalue weighted by Gasteiger charge is 2.18. The molecule has 0 aromatic heterocycles. The quantitative estimate of drug-likeness (QED) is 0.867. The lowest BCUT2D eigenvalue weighted by Crippen LogP contribution is -2.06. The number of rotatable bonds is 4. The molecule has 1 atom stereocenters. The van der Waals surface area contributed by atoms with Crippen LogP contribution in [0.1, 0.15) is 17.2 Å². The van der Waals surface area contributed by atoms with Crippen molar-refractivity contribution >= 4 is 11.6 Å². The molecule has 0 spiro atoms. The van der Waals surface area contributed by atoms with E-state index in [0.29, 0.717) is 11.3 Å². The van der Waals surface area contributed by atoms with Crippen LogP contribution in [0.2, 0.25) is 5.02 Å². The van der Waals surface area contributed by atoms with Crippen molar-refractivity contribution in [3.63, 3.8) is 0 Å². The first kappa shape index (κ1) is 14.8. The van der Waals surface area contributed by atoms with Gasteiger partial charge in [-0.05, 0) is 23.8 Å². The molecule has 0 aliphatic heterocycles. The Kier molecular flexibility index (Phi) is 4.57. The van der Waals surface area contributed by atoms with E-state index in [9.17, 15) is 13.9 Å². The lowest BCUT2D eigenvalue weighted by molar-refractivity contribution is 0.172. The van der Waals surface area contributed by atoms with Crippen molar-refractivity contribution < 1.29 is 18.6 Å². The van der Waals surface area contributed by atoms with E-state index in [-0.39, 0.29) is 17.0 Å². The fraction of sp³-hybridized carbons (Fsp3) is 0.200. The minimum absolute atomic E-state index is 0.113. The summed E-state index contributed by atoms with van der Waals surface area (Å²) in [7, 11) is 1.51. The number of benzene rings is 2. The summed E-state index contributed by atoms with van der Waals surface area (Å²) in [6.07, 6.45) is -1.07. The number of aliphatic hydroxyl groups excluding tert-OH is 1. The van der Waals surface area contributed by atoms with Crippen molar-refractivity contribution in [1.29, 1.82) is 0 Å². The maximum Gasteiger partial charge on any atom is 0.142 e. The number of ether oxygens (including phenoxy) is 1. The van der Waals surface area contributed by atoms with Crippen molar-refractivity contribution in [3.8, 4) is 5.75 Å². The van der Waals surface area contributed by atoms with E-state index < -0.39 is 17.7 Å². The molecule has 1 unspecified atom stereocenters. The summed E-state index contributed by atoms with van der Waals surface area (Å²) in [6, 6.07) is 8.84. The molecule has 106 valence electrons. The van der Waals surface area contributed by atoms with Gasteiger partial charge in [-0.15, -0.1) is 0 Å². The van der Waals surface area contributed by atoms with Crippen LogP contribution in [0.4, 0.5) is 8.78 Å². The number of para-hydroxylation sites is 1. The van der Waals surface area contributed by atoms with Crippen LogP contribution in [0.5, 0.6) is 5.75 Å². The third-order valence-electron chi connectivity index (χ3n) is 3.00. The van der Waals surface area contributed by atoms with Gasteiger partial charge in [0.2, 0.25) is 0 Å². The molecule has 0 saturated heterocycles. The molecule has 0 aliphatic carbocycles. The van der Waals surface area contributed by atoms with Gasteiger partial charge >= 0.3 is 0 Å². The zero-order chi connectivity index (χ0) is 14.7. The van der Waals surface area contributed by atoms with Gasteiger partial charge in [-0.2, -0.15) is 0 Å². The Balaban J connectivity index is 2.28. The first-order chi connectivity index (χ1) is 9.52. The second-order valence-corrected chi connectivity index (χ2v) is 4.73. The third-order valence-corrected chi connectivity index (χ3v) is 3.29. The summed E-state index contributed by atoms with van der Waals surface area (Å²) in [6.45, 7) is 0. The fourth-order valence-electron chi connectivity index (χ4n) is 1.98. The highest BCUT2D eigenvalue weighted by atomic mass is 35.5. The van der Waals surface area contributed by atoms with Gasteiger partial charge in [0.1, 0.15) is 17.4 Å². The number of methoxy groups -OCH3 is 1. The molecule has 0 saturated carbocycles. The van der Waals surface area contributed by atoms with Crippen molar-refractivity contribution in [2.45, 2.75) is 12.5 Å². The zero-order valence-electron chi connectivity index (χ0n) is 10.7. The number of halogens is 3.